The van der Waals surface area contributed by atoms with Crippen LogP contribution in [0.5, 0.6) is 0 Å². The Balaban J connectivity index is 2.22. The average molecular weight is 273 g/mol. The Kier molecular flexibility index (Phi) is 4.52. The molecule has 19 heavy (non-hydrogen) atoms. The molecule has 4 nitrogen and oxygen atoms in total. The van der Waals surface area contributed by atoms with Gasteiger partial charge in [0, 0.05) is 23.9 Å². The second kappa shape index (κ2) is 6.33. The summed E-state index contributed by atoms with van der Waals surface area (Å²) in [5.74, 6) is 1.23. The fourth-order valence-corrected chi connectivity index (χ4v) is 1.90. The minimum Gasteiger partial charge on any atom is -0.326 e. The molecule has 0 spiro atoms. The van der Waals surface area contributed by atoms with Gasteiger partial charge >= 0.3 is 0 Å². The monoisotopic (exact) mass is 273 g/mol. The maximum atomic E-state index is 11.5. The largest absolute Gasteiger partial charge is 0.326 e. The number of benzene rings is 1. The van der Waals surface area contributed by atoms with E-state index < -0.39 is 0 Å². The van der Waals surface area contributed by atoms with Crippen molar-refractivity contribution in [3.63, 3.8) is 0 Å². The Bertz CT molecular complexity index is 586. The summed E-state index contributed by atoms with van der Waals surface area (Å²) in [5.41, 5.74) is 2.56. The van der Waals surface area contributed by atoms with Crippen LogP contribution < -0.4 is 5.32 Å². The number of hydrogen-bond acceptors (Lipinski definition) is 4. The molecule has 0 aliphatic carbocycles. The summed E-state index contributed by atoms with van der Waals surface area (Å²) in [4.78, 5) is 20.0. The number of aryl methyl sites for hydroxylation is 1. The Morgan fingerprint density at radius 3 is 2.95 bits per heavy atom. The highest BCUT2D eigenvalue weighted by Gasteiger charge is 2.04. The van der Waals surface area contributed by atoms with E-state index in [2.05, 4.69) is 27.9 Å². The molecule has 0 saturated heterocycles. The van der Waals surface area contributed by atoms with Crippen molar-refractivity contribution in [2.45, 2.75) is 13.3 Å². The summed E-state index contributed by atoms with van der Waals surface area (Å²) in [5, 5.41) is 2.84. The highest BCUT2D eigenvalue weighted by atomic mass is 32.1. The molecule has 0 radical (unpaired) electrons. The van der Waals surface area contributed by atoms with Crippen molar-refractivity contribution in [2.24, 2.45) is 0 Å². The van der Waals surface area contributed by atoms with Gasteiger partial charge in [-0.15, -0.1) is 0 Å². The van der Waals surface area contributed by atoms with Gasteiger partial charge in [0.15, 0.2) is 0 Å². The number of carbonyl (C=O) groups is 1. The molecule has 0 bridgehead atoms. The number of nitrogens with one attached hydrogen (secondary N) is 1. The Morgan fingerprint density at radius 2 is 2.21 bits per heavy atom. The van der Waals surface area contributed by atoms with E-state index in [0.717, 1.165) is 22.8 Å². The summed E-state index contributed by atoms with van der Waals surface area (Å²) in [6.07, 6.45) is 2.13. The van der Waals surface area contributed by atoms with E-state index in [0.29, 0.717) is 12.2 Å². The highest BCUT2D eigenvalue weighted by molar-refractivity contribution is 7.80. The molecule has 2 aromatic rings. The third-order valence-corrected chi connectivity index (χ3v) is 2.78. The summed E-state index contributed by atoms with van der Waals surface area (Å²) in [6, 6.07) is 9.45. The van der Waals surface area contributed by atoms with Gasteiger partial charge < -0.3 is 5.32 Å². The van der Waals surface area contributed by atoms with Crippen LogP contribution in [-0.2, 0) is 4.79 Å². The molecule has 0 fully saturated rings. The molecule has 5 heteroatoms. The standard InChI is InChI=1S/C14H15N3OS/c1-10-15-7-5-13(16-10)11-3-2-4-12(9-11)17-14(18)6-8-19/h2-5,7,9,19H,6,8H2,1H3,(H,17,18). The van der Waals surface area contributed by atoms with Gasteiger partial charge in [0.1, 0.15) is 5.82 Å². The van der Waals surface area contributed by atoms with Gasteiger partial charge in [-0.05, 0) is 30.9 Å². The molecule has 1 N–H and O–H groups in total. The van der Waals surface area contributed by atoms with Crippen molar-refractivity contribution in [1.82, 2.24) is 9.97 Å². The summed E-state index contributed by atoms with van der Waals surface area (Å²) in [7, 11) is 0. The minimum absolute atomic E-state index is 0.0361. The third kappa shape index (κ3) is 3.79. The second-order valence-electron chi connectivity index (χ2n) is 4.09. The summed E-state index contributed by atoms with van der Waals surface area (Å²) in [6.45, 7) is 1.85. The van der Waals surface area contributed by atoms with Crippen LogP contribution in [0.1, 0.15) is 12.2 Å². The lowest BCUT2D eigenvalue weighted by Crippen LogP contribution is -2.11. The molecule has 0 aliphatic heterocycles. The lowest BCUT2D eigenvalue weighted by atomic mass is 10.1. The molecule has 0 saturated carbocycles. The van der Waals surface area contributed by atoms with Gasteiger partial charge in [0.05, 0.1) is 5.69 Å². The number of amides is 1. The molecule has 2 rings (SSSR count). The van der Waals surface area contributed by atoms with E-state index in [1.54, 1.807) is 6.20 Å². The molecule has 1 aromatic heterocycles. The molecule has 1 amide bonds. The quantitative estimate of drug-likeness (QED) is 0.842. The van der Waals surface area contributed by atoms with E-state index in [9.17, 15) is 4.79 Å². The van der Waals surface area contributed by atoms with Crippen molar-refractivity contribution >= 4 is 24.2 Å². The lowest BCUT2D eigenvalue weighted by molar-refractivity contribution is -0.115. The van der Waals surface area contributed by atoms with Gasteiger partial charge in [0.25, 0.3) is 0 Å². The van der Waals surface area contributed by atoms with Crippen LogP contribution >= 0.6 is 12.6 Å². The number of thiol groups is 1. The van der Waals surface area contributed by atoms with E-state index in [-0.39, 0.29) is 5.91 Å². The minimum atomic E-state index is -0.0361. The van der Waals surface area contributed by atoms with Gasteiger partial charge in [-0.3, -0.25) is 4.79 Å². The number of carbonyl (C=O) groups excluding carboxylic acids is 1. The van der Waals surface area contributed by atoms with Crippen LogP contribution in [0.3, 0.4) is 0 Å². The van der Waals surface area contributed by atoms with Crippen molar-refractivity contribution in [1.29, 1.82) is 0 Å². The zero-order valence-corrected chi connectivity index (χ0v) is 11.5. The lowest BCUT2D eigenvalue weighted by Gasteiger charge is -2.07. The Hall–Kier alpha value is -1.88. The van der Waals surface area contributed by atoms with Crippen molar-refractivity contribution < 1.29 is 4.79 Å². The van der Waals surface area contributed by atoms with Crippen LogP contribution in [0.2, 0.25) is 0 Å². The number of rotatable bonds is 4. The second-order valence-corrected chi connectivity index (χ2v) is 4.54. The average Bonchev–Trinajstić information content (AvgIpc) is 2.39. The summed E-state index contributed by atoms with van der Waals surface area (Å²) >= 11 is 4.04. The van der Waals surface area contributed by atoms with Crippen LogP contribution in [0.15, 0.2) is 36.5 Å². The molecule has 1 heterocycles. The summed E-state index contributed by atoms with van der Waals surface area (Å²) < 4.78 is 0. The van der Waals surface area contributed by atoms with Gasteiger partial charge in [-0.1, -0.05) is 12.1 Å². The third-order valence-electron chi connectivity index (χ3n) is 2.56. The van der Waals surface area contributed by atoms with Crippen LogP contribution in [0.25, 0.3) is 11.3 Å². The molecule has 0 aliphatic rings. The fraction of sp³-hybridized carbons (Fsp3) is 0.214. The molecule has 0 atom stereocenters. The predicted octanol–water partition coefficient (Wildman–Crippen LogP) is 2.71. The van der Waals surface area contributed by atoms with E-state index >= 15 is 0 Å². The first-order chi connectivity index (χ1) is 9.19. The Morgan fingerprint density at radius 1 is 1.37 bits per heavy atom. The first-order valence-corrected chi connectivity index (χ1v) is 6.63. The van der Waals surface area contributed by atoms with Crippen LogP contribution in [0, 0.1) is 6.92 Å². The molecule has 0 unspecified atom stereocenters. The predicted molar refractivity (Wildman–Crippen MR) is 79.3 cm³/mol. The number of aromatic nitrogens is 2. The van der Waals surface area contributed by atoms with Gasteiger partial charge in [0.2, 0.25) is 5.91 Å². The highest BCUT2D eigenvalue weighted by Crippen LogP contribution is 2.20. The van der Waals surface area contributed by atoms with Gasteiger partial charge in [-0.25, -0.2) is 9.97 Å². The smallest absolute Gasteiger partial charge is 0.225 e. The first-order valence-electron chi connectivity index (χ1n) is 6.00. The topological polar surface area (TPSA) is 54.9 Å². The number of anilines is 1. The number of hydrogen-bond donors (Lipinski definition) is 2. The van der Waals surface area contributed by atoms with Crippen LogP contribution in [0.4, 0.5) is 5.69 Å². The van der Waals surface area contributed by atoms with E-state index in [4.69, 9.17) is 0 Å². The maximum absolute atomic E-state index is 11.5. The van der Waals surface area contributed by atoms with Crippen molar-refractivity contribution in [2.75, 3.05) is 11.1 Å². The Labute approximate surface area is 117 Å². The van der Waals surface area contributed by atoms with Crippen LogP contribution in [-0.4, -0.2) is 21.6 Å². The maximum Gasteiger partial charge on any atom is 0.225 e. The van der Waals surface area contributed by atoms with E-state index in [1.165, 1.54) is 0 Å². The normalized spacial score (nSPS) is 10.2. The van der Waals surface area contributed by atoms with Gasteiger partial charge in [-0.2, -0.15) is 12.6 Å². The molecule has 1 aromatic carbocycles. The zero-order valence-electron chi connectivity index (χ0n) is 10.6. The fourth-order valence-electron chi connectivity index (χ4n) is 1.70. The SMILES string of the molecule is Cc1nccc(-c2cccc(NC(=O)CCS)c2)n1. The molecule has 98 valence electrons. The molecular formula is C14H15N3OS. The first kappa shape index (κ1) is 13.5. The zero-order chi connectivity index (χ0) is 13.7. The van der Waals surface area contributed by atoms with Crippen molar-refractivity contribution in [3.05, 3.63) is 42.4 Å². The molecular weight excluding hydrogens is 258 g/mol. The van der Waals surface area contributed by atoms with E-state index in [1.807, 2.05) is 37.3 Å². The number of nitrogens with zero attached hydrogens (tertiary/aromatic N) is 2. The van der Waals surface area contributed by atoms with Crippen molar-refractivity contribution in [3.8, 4) is 11.3 Å².